The van der Waals surface area contributed by atoms with Gasteiger partial charge in [-0.05, 0) is 19.1 Å². The molecular formula is C11H16N4. The van der Waals surface area contributed by atoms with Crippen LogP contribution in [0.3, 0.4) is 0 Å². The van der Waals surface area contributed by atoms with Crippen LogP contribution in [0.5, 0.6) is 0 Å². The highest BCUT2D eigenvalue weighted by Crippen LogP contribution is 2.14. The van der Waals surface area contributed by atoms with Crippen molar-refractivity contribution in [3.8, 4) is 6.07 Å². The zero-order valence-corrected chi connectivity index (χ0v) is 9.14. The third-order valence-electron chi connectivity index (χ3n) is 2.24. The minimum Gasteiger partial charge on any atom is -0.372 e. The van der Waals surface area contributed by atoms with Gasteiger partial charge in [0.05, 0.1) is 30.1 Å². The van der Waals surface area contributed by atoms with E-state index in [0.29, 0.717) is 6.42 Å². The maximum atomic E-state index is 8.47. The number of aromatic nitrogens is 1. The predicted octanol–water partition coefficient (Wildman–Crippen LogP) is 1.45. The second-order valence-corrected chi connectivity index (χ2v) is 3.56. The quantitative estimate of drug-likeness (QED) is 0.806. The molecule has 1 aromatic rings. The van der Waals surface area contributed by atoms with E-state index in [9.17, 15) is 0 Å². The van der Waals surface area contributed by atoms with Crippen molar-refractivity contribution in [2.75, 3.05) is 18.5 Å². The molecule has 0 aliphatic carbocycles. The summed E-state index contributed by atoms with van der Waals surface area (Å²) in [5.41, 5.74) is 7.59. The van der Waals surface area contributed by atoms with Crippen LogP contribution in [0, 0.1) is 11.3 Å². The molecule has 0 unspecified atom stereocenters. The lowest BCUT2D eigenvalue weighted by atomic mass is 10.2. The summed E-state index contributed by atoms with van der Waals surface area (Å²) in [6.07, 6.45) is 2.31. The molecule has 0 aliphatic heterocycles. The molecule has 1 rings (SSSR count). The van der Waals surface area contributed by atoms with Crippen molar-refractivity contribution < 1.29 is 0 Å². The number of hydrogen-bond acceptors (Lipinski definition) is 4. The van der Waals surface area contributed by atoms with Crippen LogP contribution >= 0.6 is 0 Å². The Bertz CT molecular complexity index is 337. The highest BCUT2D eigenvalue weighted by atomic mass is 15.1. The molecule has 2 N–H and O–H groups in total. The second-order valence-electron chi connectivity index (χ2n) is 3.56. The van der Waals surface area contributed by atoms with Crippen LogP contribution in [0.15, 0.2) is 18.3 Å². The van der Waals surface area contributed by atoms with Crippen molar-refractivity contribution in [1.29, 1.82) is 5.26 Å². The Balaban J connectivity index is 2.67. The van der Waals surface area contributed by atoms with Gasteiger partial charge in [-0.15, -0.1) is 0 Å². The third kappa shape index (κ3) is 3.22. The topological polar surface area (TPSA) is 65.9 Å². The molecule has 0 saturated heterocycles. The molecule has 0 fully saturated rings. The Kier molecular flexibility index (Phi) is 4.07. The van der Waals surface area contributed by atoms with Gasteiger partial charge >= 0.3 is 0 Å². The SMILES string of the molecule is C[C@@H](N)c1ccc(N(C)CCC#N)cn1. The lowest BCUT2D eigenvalue weighted by Gasteiger charge is -2.17. The third-order valence-corrected chi connectivity index (χ3v) is 2.24. The molecule has 80 valence electrons. The maximum Gasteiger partial charge on any atom is 0.0640 e. The van der Waals surface area contributed by atoms with Crippen LogP contribution < -0.4 is 10.6 Å². The summed E-state index contributed by atoms with van der Waals surface area (Å²) in [5.74, 6) is 0. The van der Waals surface area contributed by atoms with Gasteiger partial charge in [0.15, 0.2) is 0 Å². The lowest BCUT2D eigenvalue weighted by Crippen LogP contribution is -2.18. The van der Waals surface area contributed by atoms with Gasteiger partial charge < -0.3 is 10.6 Å². The van der Waals surface area contributed by atoms with Crippen molar-refractivity contribution in [3.05, 3.63) is 24.0 Å². The Labute approximate surface area is 90.3 Å². The van der Waals surface area contributed by atoms with Crippen molar-refractivity contribution in [2.24, 2.45) is 5.73 Å². The van der Waals surface area contributed by atoms with E-state index < -0.39 is 0 Å². The van der Waals surface area contributed by atoms with Crippen LogP contribution in [-0.4, -0.2) is 18.6 Å². The van der Waals surface area contributed by atoms with Gasteiger partial charge in [-0.3, -0.25) is 4.98 Å². The molecule has 0 radical (unpaired) electrons. The van der Waals surface area contributed by atoms with Crippen LogP contribution in [0.4, 0.5) is 5.69 Å². The maximum absolute atomic E-state index is 8.47. The van der Waals surface area contributed by atoms with E-state index in [2.05, 4.69) is 11.1 Å². The molecule has 1 aromatic heterocycles. The highest BCUT2D eigenvalue weighted by Gasteiger charge is 2.03. The standard InChI is InChI=1S/C11H16N4/c1-9(13)11-5-4-10(8-14-11)15(2)7-3-6-12/h4-5,8-9H,3,7,13H2,1-2H3/t9-/m1/s1. The molecule has 4 nitrogen and oxygen atoms in total. The molecule has 0 saturated carbocycles. The number of nitrogens with zero attached hydrogens (tertiary/aromatic N) is 3. The summed E-state index contributed by atoms with van der Waals surface area (Å²) in [4.78, 5) is 6.26. The summed E-state index contributed by atoms with van der Waals surface area (Å²) in [6, 6.07) is 5.97. The molecule has 0 aromatic carbocycles. The van der Waals surface area contributed by atoms with Gasteiger partial charge in [0.1, 0.15) is 0 Å². The molecule has 0 spiro atoms. The van der Waals surface area contributed by atoms with E-state index in [1.807, 2.05) is 31.0 Å². The second kappa shape index (κ2) is 5.32. The molecule has 1 atom stereocenters. The largest absolute Gasteiger partial charge is 0.372 e. The Morgan fingerprint density at radius 2 is 2.33 bits per heavy atom. The van der Waals surface area contributed by atoms with Crippen molar-refractivity contribution >= 4 is 5.69 Å². The molecular weight excluding hydrogens is 188 g/mol. The highest BCUT2D eigenvalue weighted by molar-refractivity contribution is 5.43. The Hall–Kier alpha value is -1.60. The van der Waals surface area contributed by atoms with Gasteiger partial charge in [0, 0.05) is 19.6 Å². The molecule has 0 bridgehead atoms. The summed E-state index contributed by atoms with van der Waals surface area (Å²) in [6.45, 7) is 2.62. The van der Waals surface area contributed by atoms with E-state index in [1.54, 1.807) is 6.20 Å². The molecule has 15 heavy (non-hydrogen) atoms. The molecule has 4 heteroatoms. The number of rotatable bonds is 4. The zero-order valence-electron chi connectivity index (χ0n) is 9.14. The lowest BCUT2D eigenvalue weighted by molar-refractivity contribution is 0.779. The van der Waals surface area contributed by atoms with Gasteiger partial charge in [-0.25, -0.2) is 0 Å². The van der Waals surface area contributed by atoms with Crippen LogP contribution in [0.25, 0.3) is 0 Å². The van der Waals surface area contributed by atoms with E-state index in [4.69, 9.17) is 11.0 Å². The average molecular weight is 204 g/mol. The Morgan fingerprint density at radius 3 is 2.80 bits per heavy atom. The first-order valence-electron chi connectivity index (χ1n) is 4.94. The minimum absolute atomic E-state index is 0.0385. The summed E-state index contributed by atoms with van der Waals surface area (Å²) in [5, 5.41) is 8.47. The first-order valence-corrected chi connectivity index (χ1v) is 4.94. The van der Waals surface area contributed by atoms with Gasteiger partial charge in [-0.2, -0.15) is 5.26 Å². The molecule has 1 heterocycles. The first kappa shape index (κ1) is 11.5. The summed E-state index contributed by atoms with van der Waals surface area (Å²) >= 11 is 0. The van der Waals surface area contributed by atoms with E-state index in [1.165, 1.54) is 0 Å². The van der Waals surface area contributed by atoms with Crippen molar-refractivity contribution in [1.82, 2.24) is 4.98 Å². The Morgan fingerprint density at radius 1 is 1.60 bits per heavy atom. The van der Waals surface area contributed by atoms with Crippen molar-refractivity contribution in [2.45, 2.75) is 19.4 Å². The zero-order chi connectivity index (χ0) is 11.3. The number of hydrogen-bond donors (Lipinski definition) is 1. The fraction of sp³-hybridized carbons (Fsp3) is 0.455. The minimum atomic E-state index is -0.0385. The van der Waals surface area contributed by atoms with Crippen LogP contribution in [-0.2, 0) is 0 Å². The fourth-order valence-corrected chi connectivity index (χ4v) is 1.24. The first-order chi connectivity index (χ1) is 7.15. The van der Waals surface area contributed by atoms with Gasteiger partial charge in [-0.1, -0.05) is 0 Å². The molecule has 0 aliphatic rings. The van der Waals surface area contributed by atoms with Crippen LogP contribution in [0.2, 0.25) is 0 Å². The normalized spacial score (nSPS) is 11.9. The number of pyridine rings is 1. The van der Waals surface area contributed by atoms with E-state index in [0.717, 1.165) is 17.9 Å². The number of nitriles is 1. The molecule has 0 amide bonds. The van der Waals surface area contributed by atoms with Crippen molar-refractivity contribution in [3.63, 3.8) is 0 Å². The van der Waals surface area contributed by atoms with Gasteiger partial charge in [0.2, 0.25) is 0 Å². The fourth-order valence-electron chi connectivity index (χ4n) is 1.24. The smallest absolute Gasteiger partial charge is 0.0640 e. The van der Waals surface area contributed by atoms with E-state index >= 15 is 0 Å². The van der Waals surface area contributed by atoms with E-state index in [-0.39, 0.29) is 6.04 Å². The van der Waals surface area contributed by atoms with Gasteiger partial charge in [0.25, 0.3) is 0 Å². The number of anilines is 1. The number of nitrogens with two attached hydrogens (primary N) is 1. The van der Waals surface area contributed by atoms with Crippen LogP contribution in [0.1, 0.15) is 25.1 Å². The summed E-state index contributed by atoms with van der Waals surface area (Å²) < 4.78 is 0. The predicted molar refractivity (Wildman–Crippen MR) is 60.3 cm³/mol. The monoisotopic (exact) mass is 204 g/mol. The average Bonchev–Trinajstić information content (AvgIpc) is 2.26. The summed E-state index contributed by atoms with van der Waals surface area (Å²) in [7, 11) is 1.94.